The van der Waals surface area contributed by atoms with Crippen molar-refractivity contribution in [3.63, 3.8) is 0 Å². The van der Waals surface area contributed by atoms with E-state index in [4.69, 9.17) is 4.74 Å². The standard InChI is InChI=1S/C13H18N2O2/c1-15(11-7-8-14-9-11)13(16)10-3-5-12(17-2)6-4-10/h3-6,11,14H,7-9H2,1-2H3/t11-/m0/s1. The van der Waals surface area contributed by atoms with Gasteiger partial charge >= 0.3 is 0 Å². The van der Waals surface area contributed by atoms with Gasteiger partial charge in [0.2, 0.25) is 0 Å². The molecule has 0 saturated carbocycles. The Balaban J connectivity index is 2.07. The summed E-state index contributed by atoms with van der Waals surface area (Å²) in [4.78, 5) is 14.0. The Bertz CT molecular complexity index is 383. The van der Waals surface area contributed by atoms with E-state index in [-0.39, 0.29) is 5.91 Å². The summed E-state index contributed by atoms with van der Waals surface area (Å²) < 4.78 is 5.07. The summed E-state index contributed by atoms with van der Waals surface area (Å²) in [5.74, 6) is 0.841. The molecule has 0 spiro atoms. The van der Waals surface area contributed by atoms with Crippen LogP contribution in [-0.4, -0.2) is 44.1 Å². The number of nitrogens with one attached hydrogen (secondary N) is 1. The van der Waals surface area contributed by atoms with E-state index in [1.807, 2.05) is 24.1 Å². The van der Waals surface area contributed by atoms with E-state index in [0.717, 1.165) is 25.3 Å². The van der Waals surface area contributed by atoms with E-state index in [9.17, 15) is 4.79 Å². The van der Waals surface area contributed by atoms with Gasteiger partial charge < -0.3 is 15.0 Å². The maximum Gasteiger partial charge on any atom is 0.253 e. The van der Waals surface area contributed by atoms with Gasteiger partial charge in [0.25, 0.3) is 5.91 Å². The molecule has 1 aliphatic rings. The molecule has 0 unspecified atom stereocenters. The molecular weight excluding hydrogens is 216 g/mol. The van der Waals surface area contributed by atoms with E-state index in [2.05, 4.69) is 5.32 Å². The van der Waals surface area contributed by atoms with Crippen LogP contribution >= 0.6 is 0 Å². The van der Waals surface area contributed by atoms with Crippen LogP contribution in [-0.2, 0) is 0 Å². The molecule has 1 aromatic rings. The molecule has 2 rings (SSSR count). The first kappa shape index (κ1) is 11.9. The molecule has 1 N–H and O–H groups in total. The van der Waals surface area contributed by atoms with E-state index in [1.165, 1.54) is 0 Å². The molecule has 1 fully saturated rings. The third kappa shape index (κ3) is 2.58. The molecule has 1 amide bonds. The minimum Gasteiger partial charge on any atom is -0.497 e. The van der Waals surface area contributed by atoms with Crippen LogP contribution in [0.15, 0.2) is 24.3 Å². The van der Waals surface area contributed by atoms with Crippen molar-refractivity contribution >= 4 is 5.91 Å². The lowest BCUT2D eigenvalue weighted by molar-refractivity contribution is 0.0744. The van der Waals surface area contributed by atoms with Gasteiger partial charge in [0, 0.05) is 25.2 Å². The Labute approximate surface area is 102 Å². The van der Waals surface area contributed by atoms with Crippen LogP contribution in [0.5, 0.6) is 5.75 Å². The van der Waals surface area contributed by atoms with Crippen molar-refractivity contribution in [3.05, 3.63) is 29.8 Å². The Hall–Kier alpha value is -1.55. The minimum atomic E-state index is 0.0707. The summed E-state index contributed by atoms with van der Waals surface area (Å²) in [6.07, 6.45) is 1.03. The lowest BCUT2D eigenvalue weighted by Crippen LogP contribution is -2.38. The molecular formula is C13H18N2O2. The highest BCUT2D eigenvalue weighted by molar-refractivity contribution is 5.94. The second-order valence-electron chi connectivity index (χ2n) is 4.29. The largest absolute Gasteiger partial charge is 0.497 e. The fourth-order valence-electron chi connectivity index (χ4n) is 2.07. The van der Waals surface area contributed by atoms with Crippen molar-refractivity contribution in [1.29, 1.82) is 0 Å². The summed E-state index contributed by atoms with van der Waals surface area (Å²) in [5, 5.41) is 3.26. The van der Waals surface area contributed by atoms with E-state index in [0.29, 0.717) is 11.6 Å². The first-order valence-corrected chi connectivity index (χ1v) is 5.84. The van der Waals surface area contributed by atoms with Gasteiger partial charge in [-0.05, 0) is 37.2 Å². The number of benzene rings is 1. The van der Waals surface area contributed by atoms with Crippen LogP contribution < -0.4 is 10.1 Å². The zero-order chi connectivity index (χ0) is 12.3. The number of carbonyl (C=O) groups excluding carboxylic acids is 1. The maximum absolute atomic E-state index is 12.2. The molecule has 0 aliphatic carbocycles. The normalized spacial score (nSPS) is 19.1. The molecule has 17 heavy (non-hydrogen) atoms. The van der Waals surface area contributed by atoms with Gasteiger partial charge in [-0.1, -0.05) is 0 Å². The number of hydrogen-bond acceptors (Lipinski definition) is 3. The highest BCUT2D eigenvalue weighted by atomic mass is 16.5. The number of nitrogens with zero attached hydrogens (tertiary/aromatic N) is 1. The second-order valence-corrected chi connectivity index (χ2v) is 4.29. The Morgan fingerprint density at radius 3 is 2.65 bits per heavy atom. The number of carbonyl (C=O) groups is 1. The quantitative estimate of drug-likeness (QED) is 0.852. The first-order chi connectivity index (χ1) is 8.22. The van der Waals surface area contributed by atoms with Gasteiger partial charge in [-0.3, -0.25) is 4.79 Å². The van der Waals surface area contributed by atoms with Crippen molar-refractivity contribution in [2.24, 2.45) is 0 Å². The minimum absolute atomic E-state index is 0.0707. The van der Waals surface area contributed by atoms with Crippen LogP contribution in [0, 0.1) is 0 Å². The van der Waals surface area contributed by atoms with Gasteiger partial charge in [-0.25, -0.2) is 0 Å². The monoisotopic (exact) mass is 234 g/mol. The Morgan fingerprint density at radius 2 is 2.12 bits per heavy atom. The van der Waals surface area contributed by atoms with Gasteiger partial charge in [0.15, 0.2) is 0 Å². The molecule has 1 heterocycles. The summed E-state index contributed by atoms with van der Waals surface area (Å²) in [6, 6.07) is 7.55. The highest BCUT2D eigenvalue weighted by Crippen LogP contribution is 2.15. The lowest BCUT2D eigenvalue weighted by Gasteiger charge is -2.23. The van der Waals surface area contributed by atoms with Crippen molar-refractivity contribution in [3.8, 4) is 5.75 Å². The number of amides is 1. The number of ether oxygens (including phenoxy) is 1. The number of hydrogen-bond donors (Lipinski definition) is 1. The number of methoxy groups -OCH3 is 1. The van der Waals surface area contributed by atoms with Gasteiger partial charge in [-0.2, -0.15) is 0 Å². The van der Waals surface area contributed by atoms with Crippen molar-refractivity contribution in [2.45, 2.75) is 12.5 Å². The Kier molecular flexibility index (Phi) is 3.64. The van der Waals surface area contributed by atoms with Crippen LogP contribution in [0.25, 0.3) is 0 Å². The molecule has 0 bridgehead atoms. The maximum atomic E-state index is 12.2. The van der Waals surface area contributed by atoms with E-state index in [1.54, 1.807) is 19.2 Å². The third-order valence-corrected chi connectivity index (χ3v) is 3.24. The highest BCUT2D eigenvalue weighted by Gasteiger charge is 2.23. The molecule has 4 heteroatoms. The molecule has 1 aromatic carbocycles. The van der Waals surface area contributed by atoms with E-state index >= 15 is 0 Å². The zero-order valence-corrected chi connectivity index (χ0v) is 10.3. The van der Waals surface area contributed by atoms with Crippen molar-refractivity contribution in [2.75, 3.05) is 27.2 Å². The summed E-state index contributed by atoms with van der Waals surface area (Å²) in [7, 11) is 3.48. The number of rotatable bonds is 3. The lowest BCUT2D eigenvalue weighted by atomic mass is 10.1. The molecule has 1 atom stereocenters. The summed E-state index contributed by atoms with van der Waals surface area (Å²) in [5.41, 5.74) is 0.709. The topological polar surface area (TPSA) is 41.6 Å². The molecule has 1 aliphatic heterocycles. The van der Waals surface area contributed by atoms with Crippen molar-refractivity contribution < 1.29 is 9.53 Å². The third-order valence-electron chi connectivity index (χ3n) is 3.24. The van der Waals surface area contributed by atoms with Crippen LogP contribution in [0.2, 0.25) is 0 Å². The predicted octanol–water partition coefficient (Wildman–Crippen LogP) is 1.13. The fourth-order valence-corrected chi connectivity index (χ4v) is 2.07. The van der Waals surface area contributed by atoms with Crippen LogP contribution in [0.1, 0.15) is 16.8 Å². The summed E-state index contributed by atoms with van der Waals surface area (Å²) in [6.45, 7) is 1.88. The predicted molar refractivity (Wildman–Crippen MR) is 66.4 cm³/mol. The SMILES string of the molecule is COc1ccc(C(=O)N(C)[C@H]2CCNC2)cc1. The molecule has 0 aromatic heterocycles. The van der Waals surface area contributed by atoms with Crippen LogP contribution in [0.4, 0.5) is 0 Å². The van der Waals surface area contributed by atoms with Gasteiger partial charge in [0.05, 0.1) is 7.11 Å². The molecule has 0 radical (unpaired) electrons. The molecule has 92 valence electrons. The van der Waals surface area contributed by atoms with E-state index < -0.39 is 0 Å². The Morgan fingerprint density at radius 1 is 1.41 bits per heavy atom. The number of likely N-dealkylation sites (N-methyl/N-ethyl adjacent to an activating group) is 1. The zero-order valence-electron chi connectivity index (χ0n) is 10.3. The van der Waals surface area contributed by atoms with Crippen LogP contribution in [0.3, 0.4) is 0 Å². The molecule has 1 saturated heterocycles. The smallest absolute Gasteiger partial charge is 0.253 e. The summed E-state index contributed by atoms with van der Waals surface area (Å²) >= 11 is 0. The molecule has 4 nitrogen and oxygen atoms in total. The van der Waals surface area contributed by atoms with Gasteiger partial charge in [0.1, 0.15) is 5.75 Å². The van der Waals surface area contributed by atoms with Crippen molar-refractivity contribution in [1.82, 2.24) is 10.2 Å². The average Bonchev–Trinajstić information content (AvgIpc) is 2.91. The second kappa shape index (κ2) is 5.19. The first-order valence-electron chi connectivity index (χ1n) is 5.84. The van der Waals surface area contributed by atoms with Gasteiger partial charge in [-0.15, -0.1) is 0 Å². The fraction of sp³-hybridized carbons (Fsp3) is 0.462. The average molecular weight is 234 g/mol.